The van der Waals surface area contributed by atoms with Crippen LogP contribution >= 0.6 is 35.2 Å². The third kappa shape index (κ3) is 3.20. The molecule has 0 bridgehead atoms. The molecule has 2 aromatic rings. The van der Waals surface area contributed by atoms with E-state index in [0.717, 1.165) is 41.8 Å². The van der Waals surface area contributed by atoms with Gasteiger partial charge in [0.1, 0.15) is 5.51 Å². The van der Waals surface area contributed by atoms with Gasteiger partial charge in [-0.3, -0.25) is 4.90 Å². The smallest absolute Gasteiger partial charge is 0.180 e. The van der Waals surface area contributed by atoms with Crippen molar-refractivity contribution >= 4 is 40.8 Å². The Hall–Kier alpha value is -0.950. The molecule has 0 amide bonds. The summed E-state index contributed by atoms with van der Waals surface area (Å²) in [5.41, 5.74) is 2.99. The Morgan fingerprint density at radius 2 is 2.05 bits per heavy atom. The van der Waals surface area contributed by atoms with Crippen molar-refractivity contribution in [3.63, 3.8) is 0 Å². The predicted octanol–water partition coefficient (Wildman–Crippen LogP) is 3.11. The number of hydrogen-bond donors (Lipinski definition) is 0. The fraction of sp³-hybridized carbons (Fsp3) is 0.385. The Morgan fingerprint density at radius 1 is 1.25 bits per heavy atom. The number of rotatable bonds is 3. The second kappa shape index (κ2) is 6.22. The van der Waals surface area contributed by atoms with Crippen LogP contribution in [0.4, 0.5) is 5.69 Å². The van der Waals surface area contributed by atoms with Crippen LogP contribution in [0.3, 0.4) is 0 Å². The lowest BCUT2D eigenvalue weighted by atomic mass is 10.2. The van der Waals surface area contributed by atoms with E-state index in [-0.39, 0.29) is 0 Å². The maximum absolute atomic E-state index is 6.05. The van der Waals surface area contributed by atoms with Crippen LogP contribution in [0, 0.1) is 3.95 Å². The first kappa shape index (κ1) is 14.0. The quantitative estimate of drug-likeness (QED) is 0.809. The molecule has 4 nitrogen and oxygen atoms in total. The highest BCUT2D eigenvalue weighted by atomic mass is 35.5. The first-order valence-corrected chi connectivity index (χ1v) is 8.12. The minimum Gasteiger partial charge on any atom is -0.369 e. The maximum atomic E-state index is 6.05. The molecular weight excluding hydrogens is 312 g/mol. The SMILES string of the molecule is S=c1scnn1CN1CCN(c2cccc(Cl)c2)CC1. The number of benzene rings is 1. The fourth-order valence-corrected chi connectivity index (χ4v) is 3.23. The zero-order valence-corrected chi connectivity index (χ0v) is 13.3. The van der Waals surface area contributed by atoms with Gasteiger partial charge in [-0.15, -0.1) is 0 Å². The van der Waals surface area contributed by atoms with Gasteiger partial charge in [0, 0.05) is 36.9 Å². The molecule has 20 heavy (non-hydrogen) atoms. The first-order valence-electron chi connectivity index (χ1n) is 6.46. The van der Waals surface area contributed by atoms with Crippen molar-refractivity contribution in [2.24, 2.45) is 0 Å². The van der Waals surface area contributed by atoms with Gasteiger partial charge >= 0.3 is 0 Å². The molecule has 3 rings (SSSR count). The van der Waals surface area contributed by atoms with E-state index in [1.807, 2.05) is 22.9 Å². The van der Waals surface area contributed by atoms with E-state index < -0.39 is 0 Å². The third-order valence-corrected chi connectivity index (χ3v) is 4.78. The summed E-state index contributed by atoms with van der Waals surface area (Å²) in [5.74, 6) is 0. The van der Waals surface area contributed by atoms with Gasteiger partial charge < -0.3 is 4.90 Å². The first-order chi connectivity index (χ1) is 9.72. The van der Waals surface area contributed by atoms with Gasteiger partial charge in [-0.2, -0.15) is 5.10 Å². The Bertz CT molecular complexity index is 631. The molecule has 0 atom stereocenters. The van der Waals surface area contributed by atoms with Crippen LogP contribution < -0.4 is 4.90 Å². The Morgan fingerprint density at radius 3 is 2.70 bits per heavy atom. The molecule has 0 radical (unpaired) electrons. The second-order valence-electron chi connectivity index (χ2n) is 4.73. The fourth-order valence-electron chi connectivity index (χ4n) is 2.34. The molecule has 1 aliphatic rings. The molecular formula is C13H15ClN4S2. The molecule has 0 unspecified atom stereocenters. The minimum atomic E-state index is 0.783. The maximum Gasteiger partial charge on any atom is 0.180 e. The highest BCUT2D eigenvalue weighted by Gasteiger charge is 2.17. The van der Waals surface area contributed by atoms with E-state index in [1.54, 1.807) is 5.51 Å². The lowest BCUT2D eigenvalue weighted by molar-refractivity contribution is 0.195. The van der Waals surface area contributed by atoms with Crippen molar-refractivity contribution in [1.29, 1.82) is 0 Å². The van der Waals surface area contributed by atoms with Crippen LogP contribution in [0.15, 0.2) is 29.8 Å². The molecule has 0 N–H and O–H groups in total. The molecule has 0 spiro atoms. The van der Waals surface area contributed by atoms with E-state index >= 15 is 0 Å². The predicted molar refractivity (Wildman–Crippen MR) is 86.2 cm³/mol. The van der Waals surface area contributed by atoms with Gasteiger partial charge in [-0.1, -0.05) is 29.0 Å². The zero-order valence-electron chi connectivity index (χ0n) is 10.9. The Labute approximate surface area is 132 Å². The molecule has 0 aliphatic carbocycles. The number of anilines is 1. The number of nitrogens with zero attached hydrogens (tertiary/aromatic N) is 4. The van der Waals surface area contributed by atoms with Crippen LogP contribution in [0.25, 0.3) is 0 Å². The number of aromatic nitrogens is 2. The average Bonchev–Trinajstić information content (AvgIpc) is 2.85. The second-order valence-corrected chi connectivity index (χ2v) is 6.65. The van der Waals surface area contributed by atoms with Crippen molar-refractivity contribution in [2.45, 2.75) is 6.67 Å². The largest absolute Gasteiger partial charge is 0.369 e. The van der Waals surface area contributed by atoms with E-state index in [0.29, 0.717) is 0 Å². The summed E-state index contributed by atoms with van der Waals surface area (Å²) in [5, 5.41) is 5.05. The highest BCUT2D eigenvalue weighted by Crippen LogP contribution is 2.20. The third-order valence-electron chi connectivity index (χ3n) is 3.43. The van der Waals surface area contributed by atoms with Crippen molar-refractivity contribution in [1.82, 2.24) is 14.7 Å². The van der Waals surface area contributed by atoms with Crippen molar-refractivity contribution in [3.8, 4) is 0 Å². The van der Waals surface area contributed by atoms with Gasteiger partial charge in [0.05, 0.1) is 6.67 Å². The molecule has 2 heterocycles. The van der Waals surface area contributed by atoms with Crippen LogP contribution in [-0.4, -0.2) is 40.9 Å². The Kier molecular flexibility index (Phi) is 4.35. The normalized spacial score (nSPS) is 16.6. The zero-order chi connectivity index (χ0) is 13.9. The van der Waals surface area contributed by atoms with Gasteiger partial charge in [0.2, 0.25) is 0 Å². The van der Waals surface area contributed by atoms with Crippen molar-refractivity contribution < 1.29 is 0 Å². The highest BCUT2D eigenvalue weighted by molar-refractivity contribution is 7.73. The van der Waals surface area contributed by atoms with Gasteiger partial charge in [0.15, 0.2) is 3.95 Å². The number of halogens is 1. The lowest BCUT2D eigenvalue weighted by Crippen LogP contribution is -2.46. The molecule has 1 aromatic heterocycles. The molecule has 1 aromatic carbocycles. The average molecular weight is 327 g/mol. The summed E-state index contributed by atoms with van der Waals surface area (Å²) in [6.45, 7) is 4.79. The van der Waals surface area contributed by atoms with Crippen molar-refractivity contribution in [2.75, 3.05) is 31.1 Å². The molecule has 106 valence electrons. The molecule has 7 heteroatoms. The van der Waals surface area contributed by atoms with Gasteiger partial charge in [-0.05, 0) is 30.4 Å². The lowest BCUT2D eigenvalue weighted by Gasteiger charge is -2.35. The summed E-state index contributed by atoms with van der Waals surface area (Å²) >= 11 is 12.8. The van der Waals surface area contributed by atoms with E-state index in [4.69, 9.17) is 23.8 Å². The topological polar surface area (TPSA) is 24.3 Å². The standard InChI is InChI=1S/C13H15ClN4S2/c14-11-2-1-3-12(8-11)17-6-4-16(5-7-17)10-18-13(19)20-9-15-18/h1-3,8-9H,4-7,10H2. The molecule has 1 fully saturated rings. The number of piperazine rings is 1. The Balaban J connectivity index is 1.60. The van der Waals surface area contributed by atoms with Gasteiger partial charge in [0.25, 0.3) is 0 Å². The van der Waals surface area contributed by atoms with E-state index in [2.05, 4.69) is 21.0 Å². The molecule has 0 saturated carbocycles. The molecule has 1 saturated heterocycles. The summed E-state index contributed by atoms with van der Waals surface area (Å²) in [6.07, 6.45) is 0. The minimum absolute atomic E-state index is 0.783. The summed E-state index contributed by atoms with van der Waals surface area (Å²) < 4.78 is 2.72. The van der Waals surface area contributed by atoms with E-state index in [9.17, 15) is 0 Å². The number of hydrogen-bond acceptors (Lipinski definition) is 5. The molecule has 1 aliphatic heterocycles. The van der Waals surface area contributed by atoms with E-state index in [1.165, 1.54) is 17.0 Å². The van der Waals surface area contributed by atoms with Crippen molar-refractivity contribution in [3.05, 3.63) is 38.8 Å². The summed E-state index contributed by atoms with van der Waals surface area (Å²) in [4.78, 5) is 4.74. The van der Waals surface area contributed by atoms with Crippen LogP contribution in [0.1, 0.15) is 0 Å². The van der Waals surface area contributed by atoms with Crippen LogP contribution in [0.5, 0.6) is 0 Å². The van der Waals surface area contributed by atoms with Crippen LogP contribution in [0.2, 0.25) is 5.02 Å². The summed E-state index contributed by atoms with van der Waals surface area (Å²) in [6, 6.07) is 8.04. The van der Waals surface area contributed by atoms with Crippen LogP contribution in [-0.2, 0) is 6.67 Å². The van der Waals surface area contributed by atoms with Gasteiger partial charge in [-0.25, -0.2) is 4.68 Å². The summed E-state index contributed by atoms with van der Waals surface area (Å²) in [7, 11) is 0. The monoisotopic (exact) mass is 326 g/mol.